The van der Waals surface area contributed by atoms with Crippen LogP contribution in [0.4, 0.5) is 0 Å². The Morgan fingerprint density at radius 1 is 0.511 bits per heavy atom. The van der Waals surface area contributed by atoms with Crippen LogP contribution in [0.1, 0.15) is 206 Å². The molecule has 0 aliphatic heterocycles. The van der Waals surface area contributed by atoms with Gasteiger partial charge in [0, 0.05) is 13.0 Å². The highest BCUT2D eigenvalue weighted by atomic mass is 16.6. The van der Waals surface area contributed by atoms with Crippen LogP contribution in [0.3, 0.4) is 0 Å². The second-order valence-corrected chi connectivity index (χ2v) is 13.7. The summed E-state index contributed by atoms with van der Waals surface area (Å²) in [5, 5.41) is 9.59. The molecule has 0 aliphatic carbocycles. The monoisotopic (exact) mass is 661 g/mol. The largest absolute Gasteiger partial charge is 0.457 e. The average Bonchev–Trinajstić information content (AvgIpc) is 3.08. The molecule has 0 aliphatic rings. The molecule has 0 aromatic rings. The van der Waals surface area contributed by atoms with E-state index < -0.39 is 6.10 Å². The highest BCUT2D eigenvalue weighted by Crippen LogP contribution is 2.14. The quantitative estimate of drug-likeness (QED) is 0.0407. The van der Waals surface area contributed by atoms with E-state index in [1.54, 1.807) is 0 Å². The summed E-state index contributed by atoms with van der Waals surface area (Å²) in [7, 11) is 0. The van der Waals surface area contributed by atoms with E-state index in [1.807, 2.05) is 0 Å². The Bertz CT molecular complexity index is 698. The normalized spacial score (nSPS) is 12.7. The summed E-state index contributed by atoms with van der Waals surface area (Å²) in [6.07, 6.45) is 50.5. The van der Waals surface area contributed by atoms with Gasteiger partial charge in [0.1, 0.15) is 6.10 Å². The number of carbonyl (C=O) groups is 1. The van der Waals surface area contributed by atoms with Crippen molar-refractivity contribution in [3.8, 4) is 0 Å². The summed E-state index contributed by atoms with van der Waals surface area (Å²) in [6, 6.07) is 0. The molecule has 276 valence electrons. The number of unbranched alkanes of at least 4 members (excludes halogenated alkanes) is 24. The fourth-order valence-corrected chi connectivity index (χ4v) is 5.86. The van der Waals surface area contributed by atoms with Crippen LogP contribution in [0.25, 0.3) is 0 Å². The highest BCUT2D eigenvalue weighted by molar-refractivity contribution is 5.69. The van der Waals surface area contributed by atoms with Crippen LogP contribution in [-0.4, -0.2) is 37.0 Å². The van der Waals surface area contributed by atoms with Crippen LogP contribution < -0.4 is 0 Å². The molecule has 0 radical (unpaired) electrons. The third-order valence-electron chi connectivity index (χ3n) is 8.97. The first-order chi connectivity index (χ1) is 23.2. The molecule has 0 fully saturated rings. The maximum atomic E-state index is 12.2. The lowest BCUT2D eigenvalue weighted by Gasteiger charge is -2.16. The number of aliphatic hydroxyl groups excluding tert-OH is 1. The van der Waals surface area contributed by atoms with Gasteiger partial charge in [-0.2, -0.15) is 0 Å². The van der Waals surface area contributed by atoms with E-state index in [0.717, 1.165) is 44.9 Å². The topological polar surface area (TPSA) is 55.8 Å². The second kappa shape index (κ2) is 40.8. The van der Waals surface area contributed by atoms with E-state index in [-0.39, 0.29) is 12.6 Å². The molecule has 1 N–H and O–H groups in total. The summed E-state index contributed by atoms with van der Waals surface area (Å²) in [6.45, 7) is 5.33. The van der Waals surface area contributed by atoms with E-state index in [2.05, 4.69) is 50.3 Å². The van der Waals surface area contributed by atoms with Crippen molar-refractivity contribution >= 4 is 5.97 Å². The van der Waals surface area contributed by atoms with Crippen molar-refractivity contribution in [1.29, 1.82) is 0 Å². The molecule has 0 heterocycles. The minimum absolute atomic E-state index is 0.175. The summed E-state index contributed by atoms with van der Waals surface area (Å²) < 4.78 is 11.1. The number of rotatable bonds is 38. The number of carbonyl (C=O) groups excluding carboxylic acids is 1. The molecular formula is C43H80O4. The maximum absolute atomic E-state index is 12.2. The van der Waals surface area contributed by atoms with Crippen molar-refractivity contribution in [1.82, 2.24) is 0 Å². The van der Waals surface area contributed by atoms with Crippen molar-refractivity contribution < 1.29 is 19.4 Å². The zero-order valence-corrected chi connectivity index (χ0v) is 31.5. The zero-order valence-electron chi connectivity index (χ0n) is 31.5. The van der Waals surface area contributed by atoms with Gasteiger partial charge in [0.15, 0.2) is 0 Å². The molecule has 0 saturated heterocycles. The average molecular weight is 661 g/mol. The summed E-state index contributed by atoms with van der Waals surface area (Å²) in [4.78, 5) is 12.2. The van der Waals surface area contributed by atoms with Gasteiger partial charge in [0.25, 0.3) is 0 Å². The fraction of sp³-hybridized carbons (Fsp3) is 0.837. The van der Waals surface area contributed by atoms with E-state index in [1.165, 1.54) is 141 Å². The van der Waals surface area contributed by atoms with Gasteiger partial charge in [-0.3, -0.25) is 4.79 Å². The van der Waals surface area contributed by atoms with Crippen molar-refractivity contribution in [2.24, 2.45) is 0 Å². The lowest BCUT2D eigenvalue weighted by atomic mass is 10.0. The van der Waals surface area contributed by atoms with Crippen molar-refractivity contribution in [3.63, 3.8) is 0 Å². The van der Waals surface area contributed by atoms with Crippen LogP contribution >= 0.6 is 0 Å². The van der Waals surface area contributed by atoms with Gasteiger partial charge in [-0.05, 0) is 51.4 Å². The van der Waals surface area contributed by atoms with Gasteiger partial charge in [-0.15, -0.1) is 0 Å². The van der Waals surface area contributed by atoms with Crippen molar-refractivity contribution in [2.75, 3.05) is 19.8 Å². The Morgan fingerprint density at radius 3 is 1.38 bits per heavy atom. The Balaban J connectivity index is 3.45. The summed E-state index contributed by atoms with van der Waals surface area (Å²) >= 11 is 0. The molecule has 0 aromatic carbocycles. The molecule has 0 bridgehead atoms. The predicted octanol–water partition coefficient (Wildman–Crippen LogP) is 13.3. The van der Waals surface area contributed by atoms with Crippen LogP contribution in [0.5, 0.6) is 0 Å². The lowest BCUT2D eigenvalue weighted by Crippen LogP contribution is -2.27. The third-order valence-corrected chi connectivity index (χ3v) is 8.97. The van der Waals surface area contributed by atoms with Gasteiger partial charge < -0.3 is 14.6 Å². The van der Waals surface area contributed by atoms with Crippen LogP contribution in [0.2, 0.25) is 0 Å². The Morgan fingerprint density at radius 2 is 0.894 bits per heavy atom. The van der Waals surface area contributed by atoms with Gasteiger partial charge >= 0.3 is 5.97 Å². The molecule has 4 heteroatoms. The molecular weight excluding hydrogens is 580 g/mol. The SMILES string of the molecule is CCCCC/C=C\C/C=C\C/C=C\CCCCCCCCC(=O)OC(CO)COCCCCCCCCCCCCCCCCCC. The molecule has 0 aromatic heterocycles. The number of ether oxygens (including phenoxy) is 2. The zero-order chi connectivity index (χ0) is 34.1. The fourth-order valence-electron chi connectivity index (χ4n) is 5.86. The van der Waals surface area contributed by atoms with E-state index in [0.29, 0.717) is 19.6 Å². The number of esters is 1. The number of aliphatic hydroxyl groups is 1. The number of allylic oxidation sites excluding steroid dienone is 6. The van der Waals surface area contributed by atoms with Crippen LogP contribution in [0.15, 0.2) is 36.5 Å². The van der Waals surface area contributed by atoms with E-state index >= 15 is 0 Å². The van der Waals surface area contributed by atoms with E-state index in [4.69, 9.17) is 9.47 Å². The van der Waals surface area contributed by atoms with Gasteiger partial charge in [-0.25, -0.2) is 0 Å². The number of hydrogen-bond donors (Lipinski definition) is 1. The smallest absolute Gasteiger partial charge is 0.306 e. The predicted molar refractivity (Wildman–Crippen MR) is 205 cm³/mol. The molecule has 0 saturated carbocycles. The first-order valence-corrected chi connectivity index (χ1v) is 20.6. The minimum atomic E-state index is -0.538. The molecule has 1 atom stereocenters. The van der Waals surface area contributed by atoms with Crippen LogP contribution in [-0.2, 0) is 14.3 Å². The summed E-state index contributed by atoms with van der Waals surface area (Å²) in [5.74, 6) is -0.211. The first-order valence-electron chi connectivity index (χ1n) is 20.6. The molecule has 0 spiro atoms. The van der Waals surface area contributed by atoms with E-state index in [9.17, 15) is 9.90 Å². The second-order valence-electron chi connectivity index (χ2n) is 13.7. The lowest BCUT2D eigenvalue weighted by molar-refractivity contribution is -0.154. The minimum Gasteiger partial charge on any atom is -0.457 e. The standard InChI is InChI=1S/C43H80O4/c1-3-5-7-9-11-13-15-17-19-21-22-23-24-26-28-30-32-34-36-38-43(45)47-42(40-44)41-46-39-37-35-33-31-29-27-25-20-18-16-14-12-10-8-6-4-2/h11,13,17,19,22-23,42,44H,3-10,12,14-16,18,20-21,24-41H2,1-2H3/b13-11-,19-17-,23-22-. The third kappa shape index (κ3) is 38.9. The summed E-state index contributed by atoms with van der Waals surface area (Å²) in [5.41, 5.74) is 0. The van der Waals surface area contributed by atoms with Gasteiger partial charge in [-0.1, -0.05) is 185 Å². The number of hydrogen-bond acceptors (Lipinski definition) is 4. The Hall–Kier alpha value is -1.39. The van der Waals surface area contributed by atoms with Crippen molar-refractivity contribution in [3.05, 3.63) is 36.5 Å². The van der Waals surface area contributed by atoms with Crippen molar-refractivity contribution in [2.45, 2.75) is 213 Å². The molecule has 0 rings (SSSR count). The Labute approximate surface area is 293 Å². The maximum Gasteiger partial charge on any atom is 0.306 e. The molecule has 1 unspecified atom stereocenters. The molecule has 47 heavy (non-hydrogen) atoms. The Kier molecular flexibility index (Phi) is 39.6. The van der Waals surface area contributed by atoms with Gasteiger partial charge in [0.05, 0.1) is 13.2 Å². The first kappa shape index (κ1) is 45.6. The van der Waals surface area contributed by atoms with Gasteiger partial charge in [0.2, 0.25) is 0 Å². The molecule has 0 amide bonds. The molecule has 4 nitrogen and oxygen atoms in total. The van der Waals surface area contributed by atoms with Crippen LogP contribution in [0, 0.1) is 0 Å². The highest BCUT2D eigenvalue weighted by Gasteiger charge is 2.13.